The minimum atomic E-state index is -4.42. The molecule has 7 nitrogen and oxygen atoms in total. The van der Waals surface area contributed by atoms with Crippen molar-refractivity contribution in [3.05, 3.63) is 48.0 Å². The van der Waals surface area contributed by atoms with Crippen LogP contribution in [-0.2, 0) is 6.54 Å². The number of aliphatic imine (C=N–C) groups is 1. The Morgan fingerprint density at radius 3 is 2.68 bits per heavy atom. The summed E-state index contributed by atoms with van der Waals surface area (Å²) in [5.41, 5.74) is 0.506. The highest BCUT2D eigenvalue weighted by atomic mass is 127. The van der Waals surface area contributed by atoms with E-state index in [1.165, 1.54) is 6.20 Å². The minimum absolute atomic E-state index is 0. The maximum Gasteiger partial charge on any atom is 0.422 e. The molecule has 0 radical (unpaired) electrons. The number of nitrogens with zero attached hydrogens (tertiary/aromatic N) is 3. The summed E-state index contributed by atoms with van der Waals surface area (Å²) in [5, 5.41) is 6.38. The molecule has 3 rings (SSSR count). The van der Waals surface area contributed by atoms with Gasteiger partial charge in [-0.2, -0.15) is 13.2 Å². The number of rotatable bonds is 8. The Morgan fingerprint density at radius 1 is 1.26 bits per heavy atom. The summed E-state index contributed by atoms with van der Waals surface area (Å²) in [7, 11) is 1.64. The van der Waals surface area contributed by atoms with Gasteiger partial charge in [-0.05, 0) is 44.1 Å². The van der Waals surface area contributed by atoms with Crippen molar-refractivity contribution in [1.82, 2.24) is 20.5 Å². The second kappa shape index (κ2) is 12.1. The normalized spacial score (nSPS) is 15.9. The van der Waals surface area contributed by atoms with Gasteiger partial charge in [-0.25, -0.2) is 4.98 Å². The third-order valence-corrected chi connectivity index (χ3v) is 4.81. The van der Waals surface area contributed by atoms with Gasteiger partial charge in [-0.1, -0.05) is 6.07 Å². The number of guanidine groups is 1. The summed E-state index contributed by atoms with van der Waals surface area (Å²) in [5.74, 6) is 1.36. The molecule has 2 N–H and O–H groups in total. The van der Waals surface area contributed by atoms with Gasteiger partial charge in [0.15, 0.2) is 12.6 Å². The Kier molecular flexibility index (Phi) is 9.88. The first-order chi connectivity index (χ1) is 14.5. The maximum absolute atomic E-state index is 12.5. The van der Waals surface area contributed by atoms with Crippen molar-refractivity contribution < 1.29 is 22.3 Å². The Balaban J connectivity index is 0.00000341. The lowest BCUT2D eigenvalue weighted by Gasteiger charge is -2.26. The highest BCUT2D eigenvalue weighted by Crippen LogP contribution is 2.25. The van der Waals surface area contributed by atoms with Crippen LogP contribution in [0.2, 0.25) is 0 Å². The van der Waals surface area contributed by atoms with Crippen molar-refractivity contribution in [2.45, 2.75) is 31.6 Å². The van der Waals surface area contributed by atoms with Gasteiger partial charge in [0.05, 0.1) is 12.3 Å². The van der Waals surface area contributed by atoms with E-state index in [1.807, 2.05) is 12.1 Å². The molecule has 0 aromatic carbocycles. The molecule has 1 aliphatic rings. The topological polar surface area (TPSA) is 74.9 Å². The van der Waals surface area contributed by atoms with E-state index < -0.39 is 12.8 Å². The highest BCUT2D eigenvalue weighted by Gasteiger charge is 2.29. The van der Waals surface area contributed by atoms with Crippen LogP contribution in [0.5, 0.6) is 5.88 Å². The number of hydrogen-bond donors (Lipinski definition) is 2. The molecular formula is C20H27F3IN5O2. The van der Waals surface area contributed by atoms with Crippen LogP contribution in [0, 0.1) is 0 Å². The van der Waals surface area contributed by atoms with Crippen LogP contribution in [0.4, 0.5) is 13.2 Å². The molecule has 1 aliphatic heterocycles. The van der Waals surface area contributed by atoms with Gasteiger partial charge in [0, 0.05) is 31.9 Å². The zero-order valence-electron chi connectivity index (χ0n) is 17.2. The average Bonchev–Trinajstić information content (AvgIpc) is 3.44. The lowest BCUT2D eigenvalue weighted by molar-refractivity contribution is -0.154. The fourth-order valence-corrected chi connectivity index (χ4v) is 3.38. The van der Waals surface area contributed by atoms with E-state index in [0.717, 1.165) is 31.7 Å². The summed E-state index contributed by atoms with van der Waals surface area (Å²) < 4.78 is 47.8. The number of ether oxygens (including phenoxy) is 1. The molecule has 0 aliphatic carbocycles. The molecule has 0 saturated carbocycles. The Labute approximate surface area is 196 Å². The second-order valence-electron chi connectivity index (χ2n) is 6.95. The number of pyridine rings is 1. The summed E-state index contributed by atoms with van der Waals surface area (Å²) in [4.78, 5) is 10.5. The first-order valence-corrected chi connectivity index (χ1v) is 9.81. The lowest BCUT2D eigenvalue weighted by atomic mass is 10.2. The van der Waals surface area contributed by atoms with Gasteiger partial charge in [0.2, 0.25) is 5.88 Å². The number of hydrogen-bond acceptors (Lipinski definition) is 5. The lowest BCUT2D eigenvalue weighted by Crippen LogP contribution is -2.42. The summed E-state index contributed by atoms with van der Waals surface area (Å²) in [6.07, 6.45) is 0.955. The number of aromatic nitrogens is 1. The molecule has 1 atom stereocenters. The van der Waals surface area contributed by atoms with E-state index in [0.29, 0.717) is 18.1 Å². The van der Waals surface area contributed by atoms with Crippen molar-refractivity contribution in [2.75, 3.05) is 33.3 Å². The largest absolute Gasteiger partial charge is 0.468 e. The fourth-order valence-electron chi connectivity index (χ4n) is 3.38. The monoisotopic (exact) mass is 553 g/mol. The number of likely N-dealkylation sites (tertiary alicyclic amines) is 1. The highest BCUT2D eigenvalue weighted by molar-refractivity contribution is 14.0. The van der Waals surface area contributed by atoms with Crippen LogP contribution in [0.1, 0.15) is 30.2 Å². The molecule has 2 aromatic rings. The number of halogens is 4. The van der Waals surface area contributed by atoms with Crippen LogP contribution >= 0.6 is 24.0 Å². The molecule has 0 amide bonds. The molecule has 172 valence electrons. The Bertz CT molecular complexity index is 811. The van der Waals surface area contributed by atoms with Crippen molar-refractivity contribution in [3.63, 3.8) is 0 Å². The van der Waals surface area contributed by atoms with Gasteiger partial charge in [0.1, 0.15) is 5.76 Å². The van der Waals surface area contributed by atoms with E-state index in [9.17, 15) is 13.2 Å². The van der Waals surface area contributed by atoms with E-state index >= 15 is 0 Å². The predicted molar refractivity (Wildman–Crippen MR) is 122 cm³/mol. The van der Waals surface area contributed by atoms with Crippen molar-refractivity contribution in [1.29, 1.82) is 0 Å². The number of furan rings is 1. The van der Waals surface area contributed by atoms with E-state index in [1.54, 1.807) is 25.4 Å². The first kappa shape index (κ1) is 25.2. The third-order valence-electron chi connectivity index (χ3n) is 4.81. The van der Waals surface area contributed by atoms with Crippen molar-refractivity contribution in [2.24, 2.45) is 4.99 Å². The van der Waals surface area contributed by atoms with E-state index in [2.05, 4.69) is 25.5 Å². The SMILES string of the molecule is CN=C(NCc1cccnc1OCC(F)(F)F)NCC(c1ccco1)N1CCCC1.I. The molecule has 11 heteroatoms. The zero-order chi connectivity index (χ0) is 21.4. The predicted octanol–water partition coefficient (Wildman–Crippen LogP) is 3.74. The molecule has 2 aromatic heterocycles. The molecule has 1 fully saturated rings. The average molecular weight is 553 g/mol. The van der Waals surface area contributed by atoms with Crippen molar-refractivity contribution in [3.8, 4) is 5.88 Å². The van der Waals surface area contributed by atoms with Crippen LogP contribution < -0.4 is 15.4 Å². The van der Waals surface area contributed by atoms with Gasteiger partial charge < -0.3 is 19.8 Å². The second-order valence-corrected chi connectivity index (χ2v) is 6.95. The molecule has 1 unspecified atom stereocenters. The van der Waals surface area contributed by atoms with Crippen LogP contribution in [0.3, 0.4) is 0 Å². The molecule has 0 bridgehead atoms. The smallest absolute Gasteiger partial charge is 0.422 e. The van der Waals surface area contributed by atoms with Gasteiger partial charge in [0.25, 0.3) is 0 Å². The van der Waals surface area contributed by atoms with E-state index in [-0.39, 0.29) is 42.4 Å². The Morgan fingerprint density at radius 2 is 2.03 bits per heavy atom. The maximum atomic E-state index is 12.5. The van der Waals surface area contributed by atoms with Gasteiger partial charge in [-0.15, -0.1) is 24.0 Å². The molecule has 0 spiro atoms. The summed E-state index contributed by atoms with van der Waals surface area (Å²) in [6, 6.07) is 7.21. The Hall–Kier alpha value is -2.02. The van der Waals surface area contributed by atoms with Crippen molar-refractivity contribution >= 4 is 29.9 Å². The van der Waals surface area contributed by atoms with Gasteiger partial charge >= 0.3 is 6.18 Å². The third kappa shape index (κ3) is 7.87. The number of nitrogens with one attached hydrogen (secondary N) is 2. The first-order valence-electron chi connectivity index (χ1n) is 9.81. The zero-order valence-corrected chi connectivity index (χ0v) is 19.5. The molecule has 3 heterocycles. The van der Waals surface area contributed by atoms with Crippen LogP contribution in [0.25, 0.3) is 0 Å². The quantitative estimate of drug-likeness (QED) is 0.295. The molecule has 31 heavy (non-hydrogen) atoms. The van der Waals surface area contributed by atoms with Crippen LogP contribution in [-0.4, -0.2) is 55.3 Å². The number of alkyl halides is 3. The van der Waals surface area contributed by atoms with Crippen LogP contribution in [0.15, 0.2) is 46.1 Å². The summed E-state index contributed by atoms with van der Waals surface area (Å²) in [6.45, 7) is 1.43. The standard InChI is InChI=1S/C20H26F3N5O2.HI/c1-24-19(26-12-15-6-4-8-25-18(15)30-14-20(21,22)23)27-13-16(17-7-5-11-29-17)28-9-2-3-10-28;/h4-8,11,16H,2-3,9-10,12-14H2,1H3,(H2,24,26,27);1H. The van der Waals surface area contributed by atoms with Gasteiger partial charge in [-0.3, -0.25) is 9.89 Å². The fraction of sp³-hybridized carbons (Fsp3) is 0.500. The molecular weight excluding hydrogens is 526 g/mol. The minimum Gasteiger partial charge on any atom is -0.468 e. The summed E-state index contributed by atoms with van der Waals surface area (Å²) >= 11 is 0. The molecule has 1 saturated heterocycles. The van der Waals surface area contributed by atoms with E-state index in [4.69, 9.17) is 9.15 Å².